The summed E-state index contributed by atoms with van der Waals surface area (Å²) in [5.41, 5.74) is 1.08. The molecule has 0 spiro atoms. The largest absolute Gasteiger partial charge is 0.379 e. The average Bonchev–Trinajstić information content (AvgIpc) is 3.00. The van der Waals surface area contributed by atoms with E-state index in [1.54, 1.807) is 12.1 Å². The quantitative estimate of drug-likeness (QED) is 0.710. The molecular formula is C16H23F2NO2. The van der Waals surface area contributed by atoms with E-state index in [-0.39, 0.29) is 11.7 Å². The van der Waals surface area contributed by atoms with Gasteiger partial charge in [-0.05, 0) is 31.4 Å². The Hall–Kier alpha value is -1.04. The smallest absolute Gasteiger partial charge is 0.263 e. The van der Waals surface area contributed by atoms with Crippen LogP contribution in [0.25, 0.3) is 0 Å². The molecule has 0 aliphatic carbocycles. The Labute approximate surface area is 124 Å². The molecule has 0 bridgehead atoms. The minimum absolute atomic E-state index is 0.0706. The number of halogens is 2. The molecule has 1 saturated heterocycles. The molecule has 0 radical (unpaired) electrons. The summed E-state index contributed by atoms with van der Waals surface area (Å²) in [6, 6.07) is 6.43. The maximum Gasteiger partial charge on any atom is 0.263 e. The van der Waals surface area contributed by atoms with Gasteiger partial charge in [0.05, 0.1) is 12.7 Å². The summed E-state index contributed by atoms with van der Waals surface area (Å²) in [7, 11) is 0. The molecule has 5 heteroatoms. The van der Waals surface area contributed by atoms with Crippen molar-refractivity contribution in [3.63, 3.8) is 0 Å². The highest BCUT2D eigenvalue weighted by Crippen LogP contribution is 2.18. The van der Waals surface area contributed by atoms with Crippen molar-refractivity contribution in [2.24, 2.45) is 0 Å². The van der Waals surface area contributed by atoms with Crippen LogP contribution in [0.1, 0.15) is 36.8 Å². The topological polar surface area (TPSA) is 30.5 Å². The molecular weight excluding hydrogens is 276 g/mol. The van der Waals surface area contributed by atoms with Crippen molar-refractivity contribution in [2.75, 3.05) is 26.4 Å². The molecule has 1 atom stereocenters. The normalized spacial score (nSPS) is 18.5. The molecule has 3 nitrogen and oxygen atoms in total. The van der Waals surface area contributed by atoms with Gasteiger partial charge in [0.15, 0.2) is 0 Å². The van der Waals surface area contributed by atoms with Crippen LogP contribution in [-0.4, -0.2) is 32.5 Å². The molecule has 118 valence electrons. The number of hydrogen-bond acceptors (Lipinski definition) is 3. The zero-order chi connectivity index (χ0) is 14.9. The van der Waals surface area contributed by atoms with Crippen LogP contribution in [0, 0.1) is 0 Å². The van der Waals surface area contributed by atoms with Crippen LogP contribution in [0.15, 0.2) is 24.3 Å². The summed E-state index contributed by atoms with van der Waals surface area (Å²) in [6.07, 6.45) is 1.06. The summed E-state index contributed by atoms with van der Waals surface area (Å²) >= 11 is 0. The number of benzene rings is 1. The van der Waals surface area contributed by atoms with Crippen LogP contribution in [-0.2, 0) is 16.0 Å². The van der Waals surface area contributed by atoms with Crippen molar-refractivity contribution in [2.45, 2.75) is 38.3 Å². The second-order valence-corrected chi connectivity index (χ2v) is 5.28. The van der Waals surface area contributed by atoms with Gasteiger partial charge in [-0.1, -0.05) is 24.3 Å². The molecule has 1 unspecified atom stereocenters. The van der Waals surface area contributed by atoms with Crippen LogP contribution < -0.4 is 5.32 Å². The standard InChI is InChI=1S/C16H23F2NO2/c17-16(18)14-6-4-13(5-7-14)11-19-8-2-9-20-12-15-3-1-10-21-15/h4-7,15-16,19H,1-3,8-12H2. The highest BCUT2D eigenvalue weighted by Gasteiger charge is 2.14. The minimum atomic E-state index is -2.40. The van der Waals surface area contributed by atoms with Crippen LogP contribution in [0.4, 0.5) is 8.78 Å². The van der Waals surface area contributed by atoms with Crippen LogP contribution in [0.2, 0.25) is 0 Å². The fourth-order valence-electron chi connectivity index (χ4n) is 2.30. The fraction of sp³-hybridized carbons (Fsp3) is 0.625. The van der Waals surface area contributed by atoms with E-state index in [0.29, 0.717) is 13.2 Å². The molecule has 1 aromatic carbocycles. The monoisotopic (exact) mass is 299 g/mol. The predicted molar refractivity (Wildman–Crippen MR) is 77.5 cm³/mol. The van der Waals surface area contributed by atoms with Crippen LogP contribution in [0.3, 0.4) is 0 Å². The SMILES string of the molecule is FC(F)c1ccc(CNCCCOCC2CCCO2)cc1. The third-order valence-corrected chi connectivity index (χ3v) is 3.53. The van der Waals surface area contributed by atoms with Gasteiger partial charge >= 0.3 is 0 Å². The lowest BCUT2D eigenvalue weighted by Crippen LogP contribution is -2.19. The molecule has 1 fully saturated rings. The highest BCUT2D eigenvalue weighted by atomic mass is 19.3. The Bertz CT molecular complexity index is 392. The molecule has 0 aromatic heterocycles. The minimum Gasteiger partial charge on any atom is -0.379 e. The zero-order valence-electron chi connectivity index (χ0n) is 12.2. The van der Waals surface area contributed by atoms with Gasteiger partial charge in [0.1, 0.15) is 0 Å². The second-order valence-electron chi connectivity index (χ2n) is 5.28. The van der Waals surface area contributed by atoms with Crippen molar-refractivity contribution in [3.8, 4) is 0 Å². The summed E-state index contributed by atoms with van der Waals surface area (Å²) in [5, 5.41) is 3.28. The maximum absolute atomic E-state index is 12.4. The Morgan fingerprint density at radius 1 is 1.29 bits per heavy atom. The number of hydrogen-bond donors (Lipinski definition) is 1. The zero-order valence-corrected chi connectivity index (χ0v) is 12.2. The van der Waals surface area contributed by atoms with E-state index >= 15 is 0 Å². The first-order valence-corrected chi connectivity index (χ1v) is 7.53. The Kier molecular flexibility index (Phi) is 7.06. The average molecular weight is 299 g/mol. The molecule has 21 heavy (non-hydrogen) atoms. The van der Waals surface area contributed by atoms with E-state index < -0.39 is 6.43 Å². The lowest BCUT2D eigenvalue weighted by Gasteiger charge is -2.10. The third-order valence-electron chi connectivity index (χ3n) is 3.53. The van der Waals surface area contributed by atoms with Gasteiger partial charge in [0.25, 0.3) is 6.43 Å². The van der Waals surface area contributed by atoms with Crippen molar-refractivity contribution >= 4 is 0 Å². The van der Waals surface area contributed by atoms with Gasteiger partial charge in [0, 0.05) is 25.3 Å². The molecule has 1 N–H and O–H groups in total. The van der Waals surface area contributed by atoms with E-state index in [9.17, 15) is 8.78 Å². The van der Waals surface area contributed by atoms with Crippen molar-refractivity contribution < 1.29 is 18.3 Å². The first kappa shape index (κ1) is 16.3. The first-order valence-electron chi connectivity index (χ1n) is 7.53. The van der Waals surface area contributed by atoms with Crippen molar-refractivity contribution in [1.29, 1.82) is 0 Å². The summed E-state index contributed by atoms with van der Waals surface area (Å²) in [5.74, 6) is 0. The molecule has 0 amide bonds. The number of alkyl halides is 2. The molecule has 0 saturated carbocycles. The molecule has 1 aliphatic heterocycles. The van der Waals surface area contributed by atoms with Gasteiger partial charge in [-0.15, -0.1) is 0 Å². The van der Waals surface area contributed by atoms with E-state index in [4.69, 9.17) is 9.47 Å². The van der Waals surface area contributed by atoms with Gasteiger partial charge in [-0.2, -0.15) is 0 Å². The van der Waals surface area contributed by atoms with Gasteiger partial charge in [-0.3, -0.25) is 0 Å². The lowest BCUT2D eigenvalue weighted by molar-refractivity contribution is 0.0166. The molecule has 1 heterocycles. The molecule has 1 aromatic rings. The second kappa shape index (κ2) is 9.07. The van der Waals surface area contributed by atoms with Crippen LogP contribution >= 0.6 is 0 Å². The first-order chi connectivity index (χ1) is 10.3. The van der Waals surface area contributed by atoms with Crippen molar-refractivity contribution in [3.05, 3.63) is 35.4 Å². The molecule has 1 aliphatic rings. The van der Waals surface area contributed by atoms with E-state index in [1.807, 2.05) is 0 Å². The third kappa shape index (κ3) is 6.08. The number of ether oxygens (including phenoxy) is 2. The number of nitrogens with one attached hydrogen (secondary N) is 1. The molecule has 2 rings (SSSR count). The Balaban J connectivity index is 1.49. The van der Waals surface area contributed by atoms with Crippen LogP contribution in [0.5, 0.6) is 0 Å². The predicted octanol–water partition coefficient (Wildman–Crippen LogP) is 3.30. The van der Waals surface area contributed by atoms with E-state index in [1.165, 1.54) is 12.1 Å². The highest BCUT2D eigenvalue weighted by molar-refractivity contribution is 5.23. The lowest BCUT2D eigenvalue weighted by atomic mass is 10.1. The fourth-order valence-corrected chi connectivity index (χ4v) is 2.30. The maximum atomic E-state index is 12.4. The van der Waals surface area contributed by atoms with E-state index in [2.05, 4.69) is 5.32 Å². The summed E-state index contributed by atoms with van der Waals surface area (Å²) < 4.78 is 35.8. The van der Waals surface area contributed by atoms with Crippen molar-refractivity contribution in [1.82, 2.24) is 5.32 Å². The summed E-state index contributed by atoms with van der Waals surface area (Å²) in [6.45, 7) is 3.81. The Morgan fingerprint density at radius 3 is 2.76 bits per heavy atom. The number of rotatable bonds is 9. The van der Waals surface area contributed by atoms with E-state index in [0.717, 1.165) is 44.6 Å². The summed E-state index contributed by atoms with van der Waals surface area (Å²) in [4.78, 5) is 0. The Morgan fingerprint density at radius 2 is 2.10 bits per heavy atom. The van der Waals surface area contributed by atoms with Gasteiger partial charge < -0.3 is 14.8 Å². The van der Waals surface area contributed by atoms with Gasteiger partial charge in [-0.25, -0.2) is 8.78 Å². The van der Waals surface area contributed by atoms with Gasteiger partial charge in [0.2, 0.25) is 0 Å².